The van der Waals surface area contributed by atoms with E-state index in [2.05, 4.69) is 11.1 Å². The van der Waals surface area contributed by atoms with Crippen LogP contribution in [0.4, 0.5) is 0 Å². The second-order valence-electron chi connectivity index (χ2n) is 7.06. The summed E-state index contributed by atoms with van der Waals surface area (Å²) in [5.41, 5.74) is 2.11. The van der Waals surface area contributed by atoms with Gasteiger partial charge in [0.2, 0.25) is 5.91 Å². The second-order valence-corrected chi connectivity index (χ2v) is 7.06. The van der Waals surface area contributed by atoms with Crippen molar-refractivity contribution in [3.8, 4) is 5.75 Å². The number of nitrogens with one attached hydrogen (secondary N) is 1. The van der Waals surface area contributed by atoms with E-state index < -0.39 is 0 Å². The zero-order valence-electron chi connectivity index (χ0n) is 15.4. The molecular formula is C22H25N3O2. The van der Waals surface area contributed by atoms with Gasteiger partial charge in [-0.1, -0.05) is 30.3 Å². The first-order chi connectivity index (χ1) is 13.3. The lowest BCUT2D eigenvalue weighted by atomic mass is 9.96. The van der Waals surface area contributed by atoms with E-state index in [1.54, 1.807) is 0 Å². The predicted octanol–water partition coefficient (Wildman–Crippen LogP) is 4.13. The number of carbonyl (C=O) groups excluding carboxylic acids is 1. The molecule has 5 nitrogen and oxygen atoms in total. The normalized spacial score (nSPS) is 15.2. The Kier molecular flexibility index (Phi) is 5.37. The molecule has 0 saturated carbocycles. The number of likely N-dealkylation sites (tertiary alicyclic amines) is 1. The monoisotopic (exact) mass is 363 g/mol. The maximum Gasteiger partial charge on any atom is 0.222 e. The Morgan fingerprint density at radius 3 is 2.59 bits per heavy atom. The van der Waals surface area contributed by atoms with Crippen LogP contribution in [0.15, 0.2) is 54.6 Å². The largest absolute Gasteiger partial charge is 0.494 e. The molecule has 3 aromatic rings. The van der Waals surface area contributed by atoms with Crippen LogP contribution in [0.1, 0.15) is 37.4 Å². The fourth-order valence-electron chi connectivity index (χ4n) is 3.66. The molecule has 1 amide bonds. The third-order valence-electron chi connectivity index (χ3n) is 5.19. The Morgan fingerprint density at radius 2 is 1.81 bits per heavy atom. The van der Waals surface area contributed by atoms with Crippen LogP contribution in [0.2, 0.25) is 0 Å². The van der Waals surface area contributed by atoms with Crippen LogP contribution in [0.3, 0.4) is 0 Å². The summed E-state index contributed by atoms with van der Waals surface area (Å²) in [4.78, 5) is 22.6. The summed E-state index contributed by atoms with van der Waals surface area (Å²) < 4.78 is 5.66. The number of aromatic nitrogens is 2. The lowest BCUT2D eigenvalue weighted by Gasteiger charge is -2.31. The fourth-order valence-corrected chi connectivity index (χ4v) is 3.66. The molecule has 1 fully saturated rings. The van der Waals surface area contributed by atoms with Gasteiger partial charge in [-0.2, -0.15) is 0 Å². The van der Waals surface area contributed by atoms with Crippen molar-refractivity contribution < 1.29 is 9.53 Å². The van der Waals surface area contributed by atoms with Gasteiger partial charge in [0.25, 0.3) is 0 Å². The molecule has 140 valence electrons. The van der Waals surface area contributed by atoms with E-state index in [9.17, 15) is 4.79 Å². The highest BCUT2D eigenvalue weighted by Gasteiger charge is 2.25. The summed E-state index contributed by atoms with van der Waals surface area (Å²) in [6, 6.07) is 17.9. The molecule has 5 heteroatoms. The third kappa shape index (κ3) is 4.30. The Balaban J connectivity index is 1.22. The highest BCUT2D eigenvalue weighted by molar-refractivity contribution is 5.76. The SMILES string of the molecule is O=C(CCCOc1ccccc1)N1CCC(c2nc3ccccc3[nH]2)CC1. The maximum atomic E-state index is 12.4. The van der Waals surface area contributed by atoms with Crippen molar-refractivity contribution in [2.75, 3.05) is 19.7 Å². The molecule has 1 saturated heterocycles. The zero-order valence-corrected chi connectivity index (χ0v) is 15.4. The third-order valence-corrected chi connectivity index (χ3v) is 5.19. The molecule has 0 atom stereocenters. The minimum absolute atomic E-state index is 0.231. The summed E-state index contributed by atoms with van der Waals surface area (Å²) in [5.74, 6) is 2.55. The number of benzene rings is 2. The van der Waals surface area contributed by atoms with E-state index in [-0.39, 0.29) is 5.91 Å². The summed E-state index contributed by atoms with van der Waals surface area (Å²) in [6.07, 6.45) is 3.22. The number of carbonyl (C=O) groups is 1. The Morgan fingerprint density at radius 1 is 1.07 bits per heavy atom. The van der Waals surface area contributed by atoms with Crippen LogP contribution in [0.5, 0.6) is 5.75 Å². The van der Waals surface area contributed by atoms with Crippen molar-refractivity contribution >= 4 is 16.9 Å². The van der Waals surface area contributed by atoms with E-state index >= 15 is 0 Å². The van der Waals surface area contributed by atoms with Gasteiger partial charge in [-0.05, 0) is 43.5 Å². The highest BCUT2D eigenvalue weighted by atomic mass is 16.5. The van der Waals surface area contributed by atoms with Gasteiger partial charge in [-0.15, -0.1) is 0 Å². The summed E-state index contributed by atoms with van der Waals surface area (Å²) in [5, 5.41) is 0. The number of H-pyrrole nitrogens is 1. The van der Waals surface area contributed by atoms with Crippen LogP contribution in [-0.2, 0) is 4.79 Å². The molecule has 27 heavy (non-hydrogen) atoms. The lowest BCUT2D eigenvalue weighted by Crippen LogP contribution is -2.38. The van der Waals surface area contributed by atoms with Crippen molar-refractivity contribution in [1.29, 1.82) is 0 Å². The van der Waals surface area contributed by atoms with Crippen molar-refractivity contribution in [3.63, 3.8) is 0 Å². The van der Waals surface area contributed by atoms with Crippen LogP contribution < -0.4 is 4.74 Å². The first kappa shape index (κ1) is 17.6. The number of piperidine rings is 1. The van der Waals surface area contributed by atoms with Gasteiger partial charge in [0.1, 0.15) is 11.6 Å². The molecule has 0 unspecified atom stereocenters. The number of amides is 1. The maximum absolute atomic E-state index is 12.4. The number of rotatable bonds is 6. The molecule has 4 rings (SSSR count). The van der Waals surface area contributed by atoms with Gasteiger partial charge in [0, 0.05) is 25.4 Å². The number of nitrogens with zero attached hydrogens (tertiary/aromatic N) is 2. The quantitative estimate of drug-likeness (QED) is 0.670. The first-order valence-electron chi connectivity index (χ1n) is 9.70. The van der Waals surface area contributed by atoms with Crippen LogP contribution in [-0.4, -0.2) is 40.5 Å². The average Bonchev–Trinajstić information content (AvgIpc) is 3.16. The molecule has 0 aliphatic carbocycles. The molecule has 1 aliphatic rings. The van der Waals surface area contributed by atoms with Crippen molar-refractivity contribution in [2.45, 2.75) is 31.6 Å². The average molecular weight is 363 g/mol. The first-order valence-corrected chi connectivity index (χ1v) is 9.70. The summed E-state index contributed by atoms with van der Waals surface area (Å²) in [6.45, 7) is 2.19. The molecule has 0 radical (unpaired) electrons. The second kappa shape index (κ2) is 8.25. The lowest BCUT2D eigenvalue weighted by molar-refractivity contribution is -0.132. The molecular weight excluding hydrogens is 338 g/mol. The van der Waals surface area contributed by atoms with Gasteiger partial charge in [0.05, 0.1) is 17.6 Å². The fraction of sp³-hybridized carbons (Fsp3) is 0.364. The predicted molar refractivity (Wildman–Crippen MR) is 106 cm³/mol. The number of imidazole rings is 1. The topological polar surface area (TPSA) is 58.2 Å². The zero-order chi connectivity index (χ0) is 18.5. The molecule has 1 aliphatic heterocycles. The minimum atomic E-state index is 0.231. The van der Waals surface area contributed by atoms with Crippen molar-refractivity contribution in [3.05, 3.63) is 60.4 Å². The van der Waals surface area contributed by atoms with E-state index in [0.717, 1.165) is 55.0 Å². The van der Waals surface area contributed by atoms with Gasteiger partial charge >= 0.3 is 0 Å². The van der Waals surface area contributed by atoms with Crippen LogP contribution in [0, 0.1) is 0 Å². The Bertz CT molecular complexity index is 850. The van der Waals surface area contributed by atoms with Gasteiger partial charge < -0.3 is 14.6 Å². The number of ether oxygens (including phenoxy) is 1. The Hall–Kier alpha value is -2.82. The number of hydrogen-bond acceptors (Lipinski definition) is 3. The Labute approximate surface area is 159 Å². The van der Waals surface area contributed by atoms with E-state index in [1.165, 1.54) is 0 Å². The van der Waals surface area contributed by atoms with E-state index in [1.807, 2.05) is 53.4 Å². The smallest absolute Gasteiger partial charge is 0.222 e. The van der Waals surface area contributed by atoms with Gasteiger partial charge in [-0.3, -0.25) is 4.79 Å². The number of fused-ring (bicyclic) bond motifs is 1. The van der Waals surface area contributed by atoms with Gasteiger partial charge in [0.15, 0.2) is 0 Å². The molecule has 0 spiro atoms. The standard InChI is InChI=1S/C22H25N3O2/c26-21(11-6-16-27-18-7-2-1-3-8-18)25-14-12-17(13-15-25)22-23-19-9-4-5-10-20(19)24-22/h1-5,7-10,17H,6,11-16H2,(H,23,24). The molecule has 1 aromatic heterocycles. The number of para-hydroxylation sites is 3. The molecule has 2 aromatic carbocycles. The molecule has 1 N–H and O–H groups in total. The van der Waals surface area contributed by atoms with E-state index in [0.29, 0.717) is 18.9 Å². The van der Waals surface area contributed by atoms with Crippen LogP contribution >= 0.6 is 0 Å². The summed E-state index contributed by atoms with van der Waals surface area (Å²) >= 11 is 0. The number of aromatic amines is 1. The summed E-state index contributed by atoms with van der Waals surface area (Å²) in [7, 11) is 0. The highest BCUT2D eigenvalue weighted by Crippen LogP contribution is 2.28. The molecule has 2 heterocycles. The van der Waals surface area contributed by atoms with Gasteiger partial charge in [-0.25, -0.2) is 4.98 Å². The van der Waals surface area contributed by atoms with E-state index in [4.69, 9.17) is 9.72 Å². The van der Waals surface area contributed by atoms with Crippen LogP contribution in [0.25, 0.3) is 11.0 Å². The minimum Gasteiger partial charge on any atom is -0.494 e. The molecule has 0 bridgehead atoms. The van der Waals surface area contributed by atoms with Crippen molar-refractivity contribution in [1.82, 2.24) is 14.9 Å². The number of hydrogen-bond donors (Lipinski definition) is 1. The van der Waals surface area contributed by atoms with Crippen molar-refractivity contribution in [2.24, 2.45) is 0 Å².